The Morgan fingerprint density at radius 2 is 2.50 bits per heavy atom. The van der Waals surface area contributed by atoms with Crippen molar-refractivity contribution in [3.05, 3.63) is 24.0 Å². The molecule has 0 radical (unpaired) electrons. The zero-order chi connectivity index (χ0) is 11.4. The number of pyridine rings is 1. The molecule has 1 aromatic heterocycles. The molecule has 3 nitrogen and oxygen atoms in total. The van der Waals surface area contributed by atoms with Crippen molar-refractivity contribution in [3.63, 3.8) is 0 Å². The van der Waals surface area contributed by atoms with Crippen molar-refractivity contribution >= 4 is 34.7 Å². The first kappa shape index (κ1) is 11.7. The molecule has 0 bridgehead atoms. The van der Waals surface area contributed by atoms with Crippen LogP contribution in [-0.4, -0.2) is 28.0 Å². The molecule has 1 aromatic rings. The fourth-order valence-electron chi connectivity index (χ4n) is 1.65. The lowest BCUT2D eigenvalue weighted by Crippen LogP contribution is -2.14. The SMILES string of the molecule is NC(=S)c1ccc(NCC2CCSC2)cn1. The minimum atomic E-state index is 0.346. The zero-order valence-corrected chi connectivity index (χ0v) is 10.6. The Kier molecular flexibility index (Phi) is 4.01. The van der Waals surface area contributed by atoms with Crippen LogP contribution in [0.5, 0.6) is 0 Å². The van der Waals surface area contributed by atoms with E-state index in [0.717, 1.165) is 18.2 Å². The first-order valence-corrected chi connectivity index (χ1v) is 6.89. The van der Waals surface area contributed by atoms with Crippen molar-refractivity contribution < 1.29 is 0 Å². The van der Waals surface area contributed by atoms with Gasteiger partial charge in [0.2, 0.25) is 0 Å². The molecule has 2 rings (SSSR count). The number of nitrogens with one attached hydrogen (secondary N) is 1. The summed E-state index contributed by atoms with van der Waals surface area (Å²) in [6.07, 6.45) is 3.10. The van der Waals surface area contributed by atoms with Gasteiger partial charge in [-0.3, -0.25) is 4.98 Å². The third-order valence-corrected chi connectivity index (χ3v) is 4.08. The number of hydrogen-bond acceptors (Lipinski definition) is 4. The molecule has 1 saturated heterocycles. The van der Waals surface area contributed by atoms with Gasteiger partial charge in [-0.25, -0.2) is 0 Å². The molecule has 3 N–H and O–H groups in total. The van der Waals surface area contributed by atoms with E-state index in [4.69, 9.17) is 18.0 Å². The van der Waals surface area contributed by atoms with Crippen LogP contribution in [-0.2, 0) is 0 Å². The molecule has 0 amide bonds. The Hall–Kier alpha value is -0.810. The van der Waals surface area contributed by atoms with Gasteiger partial charge < -0.3 is 11.1 Å². The average molecular weight is 253 g/mol. The van der Waals surface area contributed by atoms with Gasteiger partial charge >= 0.3 is 0 Å². The van der Waals surface area contributed by atoms with Gasteiger partial charge in [0, 0.05) is 6.54 Å². The number of thioether (sulfide) groups is 1. The largest absolute Gasteiger partial charge is 0.388 e. The Morgan fingerprint density at radius 3 is 3.06 bits per heavy atom. The molecule has 1 aliphatic rings. The van der Waals surface area contributed by atoms with Gasteiger partial charge in [0.15, 0.2) is 0 Å². The molecule has 1 atom stereocenters. The second kappa shape index (κ2) is 5.50. The van der Waals surface area contributed by atoms with E-state index in [1.165, 1.54) is 17.9 Å². The number of hydrogen-bond donors (Lipinski definition) is 2. The number of aromatic nitrogens is 1. The van der Waals surface area contributed by atoms with Gasteiger partial charge in [0.05, 0.1) is 17.6 Å². The van der Waals surface area contributed by atoms with E-state index in [2.05, 4.69) is 10.3 Å². The molecule has 0 saturated carbocycles. The summed E-state index contributed by atoms with van der Waals surface area (Å²) in [6, 6.07) is 3.83. The molecule has 2 heterocycles. The Morgan fingerprint density at radius 1 is 1.62 bits per heavy atom. The van der Waals surface area contributed by atoms with Crippen molar-refractivity contribution in [2.45, 2.75) is 6.42 Å². The third-order valence-electron chi connectivity index (χ3n) is 2.63. The maximum Gasteiger partial charge on any atom is 0.122 e. The molecular weight excluding hydrogens is 238 g/mol. The van der Waals surface area contributed by atoms with Gasteiger partial charge in [0.25, 0.3) is 0 Å². The molecule has 0 aromatic carbocycles. The number of anilines is 1. The molecule has 86 valence electrons. The van der Waals surface area contributed by atoms with E-state index in [1.807, 2.05) is 23.9 Å². The monoisotopic (exact) mass is 253 g/mol. The molecular formula is C11H15N3S2. The summed E-state index contributed by atoms with van der Waals surface area (Å²) in [7, 11) is 0. The van der Waals surface area contributed by atoms with Gasteiger partial charge in [-0.1, -0.05) is 12.2 Å². The predicted octanol–water partition coefficient (Wildman–Crippen LogP) is 1.88. The summed E-state index contributed by atoms with van der Waals surface area (Å²) in [5, 5.41) is 3.39. The summed E-state index contributed by atoms with van der Waals surface area (Å²) in [5.41, 5.74) is 7.20. The Labute approximate surface area is 105 Å². The normalized spacial score (nSPS) is 19.6. The van der Waals surface area contributed by atoms with Crippen molar-refractivity contribution in [2.24, 2.45) is 11.7 Å². The molecule has 1 aliphatic heterocycles. The zero-order valence-electron chi connectivity index (χ0n) is 8.98. The van der Waals surface area contributed by atoms with Gasteiger partial charge in [-0.15, -0.1) is 0 Å². The molecule has 5 heteroatoms. The van der Waals surface area contributed by atoms with E-state index in [0.29, 0.717) is 10.7 Å². The first-order chi connectivity index (χ1) is 7.75. The highest BCUT2D eigenvalue weighted by Crippen LogP contribution is 2.23. The molecule has 0 aliphatic carbocycles. The van der Waals surface area contributed by atoms with Crippen LogP contribution in [0.25, 0.3) is 0 Å². The van der Waals surface area contributed by atoms with Crippen molar-refractivity contribution in [1.82, 2.24) is 4.98 Å². The van der Waals surface area contributed by atoms with E-state index >= 15 is 0 Å². The summed E-state index contributed by atoms with van der Waals surface area (Å²) in [4.78, 5) is 4.54. The van der Waals surface area contributed by atoms with E-state index in [9.17, 15) is 0 Å². The van der Waals surface area contributed by atoms with Crippen molar-refractivity contribution in [1.29, 1.82) is 0 Å². The number of nitrogens with two attached hydrogens (primary N) is 1. The number of thiocarbonyl (C=S) groups is 1. The molecule has 1 unspecified atom stereocenters. The lowest BCUT2D eigenvalue weighted by molar-refractivity contribution is 0.631. The highest BCUT2D eigenvalue weighted by atomic mass is 32.2. The third kappa shape index (κ3) is 3.09. The van der Waals surface area contributed by atoms with Gasteiger partial charge in [-0.05, 0) is 36.0 Å². The van der Waals surface area contributed by atoms with E-state index < -0.39 is 0 Å². The van der Waals surface area contributed by atoms with Gasteiger partial charge in [-0.2, -0.15) is 11.8 Å². The lowest BCUT2D eigenvalue weighted by atomic mass is 10.1. The first-order valence-electron chi connectivity index (χ1n) is 5.33. The molecule has 16 heavy (non-hydrogen) atoms. The van der Waals surface area contributed by atoms with Crippen LogP contribution >= 0.6 is 24.0 Å². The Bertz CT molecular complexity index is 358. The van der Waals surface area contributed by atoms with E-state index in [-0.39, 0.29) is 0 Å². The van der Waals surface area contributed by atoms with Crippen LogP contribution in [0.3, 0.4) is 0 Å². The highest BCUT2D eigenvalue weighted by molar-refractivity contribution is 7.99. The summed E-state index contributed by atoms with van der Waals surface area (Å²) < 4.78 is 0. The second-order valence-electron chi connectivity index (χ2n) is 3.91. The summed E-state index contributed by atoms with van der Waals surface area (Å²) in [6.45, 7) is 1.03. The topological polar surface area (TPSA) is 50.9 Å². The van der Waals surface area contributed by atoms with Crippen LogP contribution < -0.4 is 11.1 Å². The fourth-order valence-corrected chi connectivity index (χ4v) is 3.06. The summed E-state index contributed by atoms with van der Waals surface area (Å²) >= 11 is 6.88. The minimum Gasteiger partial charge on any atom is -0.388 e. The fraction of sp³-hybridized carbons (Fsp3) is 0.455. The molecule has 1 fully saturated rings. The van der Waals surface area contributed by atoms with Crippen LogP contribution in [0.15, 0.2) is 18.3 Å². The average Bonchev–Trinajstić information content (AvgIpc) is 2.80. The predicted molar refractivity (Wildman–Crippen MR) is 74.0 cm³/mol. The van der Waals surface area contributed by atoms with Gasteiger partial charge in [0.1, 0.15) is 4.99 Å². The van der Waals surface area contributed by atoms with Crippen molar-refractivity contribution in [2.75, 3.05) is 23.4 Å². The molecule has 0 spiro atoms. The van der Waals surface area contributed by atoms with E-state index in [1.54, 1.807) is 6.20 Å². The van der Waals surface area contributed by atoms with Crippen LogP contribution in [0.4, 0.5) is 5.69 Å². The minimum absolute atomic E-state index is 0.346. The van der Waals surface area contributed by atoms with Crippen LogP contribution in [0, 0.1) is 5.92 Å². The van der Waals surface area contributed by atoms with Crippen molar-refractivity contribution in [3.8, 4) is 0 Å². The highest BCUT2D eigenvalue weighted by Gasteiger charge is 2.14. The maximum atomic E-state index is 5.48. The van der Waals surface area contributed by atoms with Crippen LogP contribution in [0.1, 0.15) is 12.1 Å². The quantitative estimate of drug-likeness (QED) is 0.802. The lowest BCUT2D eigenvalue weighted by Gasteiger charge is -2.11. The Balaban J connectivity index is 1.87. The number of rotatable bonds is 4. The second-order valence-corrected chi connectivity index (χ2v) is 5.50. The maximum absolute atomic E-state index is 5.48. The summed E-state index contributed by atoms with van der Waals surface area (Å²) in [5.74, 6) is 3.36. The number of nitrogens with zero attached hydrogens (tertiary/aromatic N) is 1. The van der Waals surface area contributed by atoms with Crippen LogP contribution in [0.2, 0.25) is 0 Å². The smallest absolute Gasteiger partial charge is 0.122 e. The standard InChI is InChI=1S/C11H15N3S2/c12-11(15)10-2-1-9(6-14-10)13-5-8-3-4-16-7-8/h1-2,6,8,13H,3-5,7H2,(H2,12,15).